The quantitative estimate of drug-likeness (QED) is 0.292. The summed E-state index contributed by atoms with van der Waals surface area (Å²) >= 11 is 0.854. The van der Waals surface area contributed by atoms with Crippen LogP contribution in [-0.2, 0) is 17.9 Å². The lowest BCUT2D eigenvalue weighted by molar-refractivity contribution is -0.123. The van der Waals surface area contributed by atoms with Crippen LogP contribution in [0.5, 0.6) is 5.75 Å². The predicted molar refractivity (Wildman–Crippen MR) is 133 cm³/mol. The van der Waals surface area contributed by atoms with Crippen LogP contribution in [0.25, 0.3) is 16.8 Å². The minimum atomic E-state index is -0.443. The number of fused-ring (bicyclic) bond motifs is 1. The second-order valence-electron chi connectivity index (χ2n) is 7.86. The molecule has 1 fully saturated rings. The molecule has 0 aliphatic carbocycles. The summed E-state index contributed by atoms with van der Waals surface area (Å²) in [6.07, 6.45) is 1.66. The van der Waals surface area contributed by atoms with Gasteiger partial charge in [-0.1, -0.05) is 72.8 Å². The molecule has 6 heteroatoms. The minimum Gasteiger partial charge on any atom is -0.489 e. The molecule has 0 atom stereocenters. The van der Waals surface area contributed by atoms with Gasteiger partial charge in [-0.2, -0.15) is 0 Å². The van der Waals surface area contributed by atoms with Crippen LogP contribution >= 0.6 is 11.8 Å². The Balaban J connectivity index is 1.31. The number of benzene rings is 4. The van der Waals surface area contributed by atoms with E-state index in [1.807, 2.05) is 48.5 Å². The largest absolute Gasteiger partial charge is 0.489 e. The molecule has 4 nitrogen and oxygen atoms in total. The maximum absolute atomic E-state index is 14.0. The minimum absolute atomic E-state index is 0.0944. The summed E-state index contributed by atoms with van der Waals surface area (Å²) in [5.41, 5.74) is 2.12. The predicted octanol–water partition coefficient (Wildman–Crippen LogP) is 6.79. The summed E-state index contributed by atoms with van der Waals surface area (Å²) in [6, 6.07) is 27.8. The Morgan fingerprint density at radius 1 is 0.853 bits per heavy atom. The van der Waals surface area contributed by atoms with Gasteiger partial charge in [0.25, 0.3) is 11.1 Å². The Labute approximate surface area is 200 Å². The van der Waals surface area contributed by atoms with E-state index in [-0.39, 0.29) is 6.54 Å². The van der Waals surface area contributed by atoms with E-state index in [9.17, 15) is 14.0 Å². The van der Waals surface area contributed by atoms with Gasteiger partial charge in [-0.15, -0.1) is 0 Å². The van der Waals surface area contributed by atoms with Gasteiger partial charge in [-0.3, -0.25) is 14.5 Å². The number of thioether (sulfide) groups is 1. The van der Waals surface area contributed by atoms with Gasteiger partial charge in [-0.25, -0.2) is 4.39 Å². The first-order valence-electron chi connectivity index (χ1n) is 10.8. The molecule has 2 amide bonds. The van der Waals surface area contributed by atoms with Crippen LogP contribution in [0.1, 0.15) is 16.7 Å². The number of amides is 2. The summed E-state index contributed by atoms with van der Waals surface area (Å²) in [7, 11) is 0. The first-order chi connectivity index (χ1) is 16.6. The SMILES string of the molecule is O=C1S/C(=C/c2cccc(OCc3cccc4ccccc34)c2)C(=O)N1Cc1ccccc1F. The van der Waals surface area contributed by atoms with Gasteiger partial charge in [0, 0.05) is 5.56 Å². The van der Waals surface area contributed by atoms with E-state index in [1.165, 1.54) is 6.07 Å². The van der Waals surface area contributed by atoms with Crippen LogP contribution in [0, 0.1) is 5.82 Å². The van der Waals surface area contributed by atoms with Crippen LogP contribution in [0.3, 0.4) is 0 Å². The van der Waals surface area contributed by atoms with E-state index in [0.29, 0.717) is 22.8 Å². The van der Waals surface area contributed by atoms with E-state index in [1.54, 1.807) is 24.3 Å². The first kappa shape index (κ1) is 21.9. The van der Waals surface area contributed by atoms with Crippen molar-refractivity contribution < 1.29 is 18.7 Å². The molecular formula is C28H20FNO3S. The number of halogens is 1. The summed E-state index contributed by atoms with van der Waals surface area (Å²) in [6.45, 7) is 0.312. The van der Waals surface area contributed by atoms with Crippen molar-refractivity contribution in [2.45, 2.75) is 13.2 Å². The average molecular weight is 470 g/mol. The highest BCUT2D eigenvalue weighted by atomic mass is 32.2. The third kappa shape index (κ3) is 4.58. The average Bonchev–Trinajstić information content (AvgIpc) is 3.11. The molecule has 0 unspecified atom stereocenters. The van der Waals surface area contributed by atoms with Crippen molar-refractivity contribution in [3.63, 3.8) is 0 Å². The lowest BCUT2D eigenvalue weighted by Crippen LogP contribution is -2.27. The molecule has 1 aliphatic rings. The zero-order chi connectivity index (χ0) is 23.5. The fourth-order valence-corrected chi connectivity index (χ4v) is 4.70. The van der Waals surface area contributed by atoms with Gasteiger partial charge in [-0.05, 0) is 57.9 Å². The van der Waals surface area contributed by atoms with Crippen molar-refractivity contribution in [2.24, 2.45) is 0 Å². The lowest BCUT2D eigenvalue weighted by Gasteiger charge is -2.12. The second kappa shape index (κ2) is 9.53. The number of nitrogens with zero attached hydrogens (tertiary/aromatic N) is 1. The molecule has 0 bridgehead atoms. The summed E-state index contributed by atoms with van der Waals surface area (Å²) in [5.74, 6) is -0.214. The number of hydrogen-bond donors (Lipinski definition) is 0. The first-order valence-corrected chi connectivity index (χ1v) is 11.6. The molecule has 0 radical (unpaired) electrons. The third-order valence-corrected chi connectivity index (χ3v) is 6.50. The van der Waals surface area contributed by atoms with Gasteiger partial charge in [0.05, 0.1) is 11.4 Å². The Morgan fingerprint density at radius 2 is 1.59 bits per heavy atom. The molecule has 0 spiro atoms. The molecule has 0 saturated carbocycles. The summed E-state index contributed by atoms with van der Waals surface area (Å²) < 4.78 is 20.0. The maximum Gasteiger partial charge on any atom is 0.293 e. The van der Waals surface area contributed by atoms with Gasteiger partial charge in [0.15, 0.2) is 0 Å². The van der Waals surface area contributed by atoms with Crippen LogP contribution in [-0.4, -0.2) is 16.0 Å². The van der Waals surface area contributed by atoms with E-state index in [0.717, 1.165) is 38.6 Å². The van der Waals surface area contributed by atoms with Crippen molar-refractivity contribution in [1.29, 1.82) is 0 Å². The highest BCUT2D eigenvalue weighted by molar-refractivity contribution is 8.18. The number of carbonyl (C=O) groups excluding carboxylic acids is 2. The number of imide groups is 1. The fraction of sp³-hybridized carbons (Fsp3) is 0.0714. The molecule has 0 N–H and O–H groups in total. The lowest BCUT2D eigenvalue weighted by atomic mass is 10.1. The molecule has 1 heterocycles. The zero-order valence-corrected chi connectivity index (χ0v) is 18.9. The fourth-order valence-electron chi connectivity index (χ4n) is 3.86. The molecule has 1 saturated heterocycles. The van der Waals surface area contributed by atoms with E-state index >= 15 is 0 Å². The molecule has 0 aromatic heterocycles. The third-order valence-electron chi connectivity index (χ3n) is 5.59. The van der Waals surface area contributed by atoms with Gasteiger partial charge in [0.1, 0.15) is 18.2 Å². The maximum atomic E-state index is 14.0. The van der Waals surface area contributed by atoms with E-state index < -0.39 is 17.0 Å². The second-order valence-corrected chi connectivity index (χ2v) is 8.85. The Morgan fingerprint density at radius 3 is 2.47 bits per heavy atom. The molecule has 4 aromatic carbocycles. The molecule has 168 valence electrons. The zero-order valence-electron chi connectivity index (χ0n) is 18.1. The van der Waals surface area contributed by atoms with E-state index in [2.05, 4.69) is 18.2 Å². The topological polar surface area (TPSA) is 46.6 Å². The number of ether oxygens (including phenoxy) is 1. The van der Waals surface area contributed by atoms with Crippen molar-refractivity contribution in [1.82, 2.24) is 4.90 Å². The highest BCUT2D eigenvalue weighted by Gasteiger charge is 2.35. The van der Waals surface area contributed by atoms with Crippen LogP contribution in [0.2, 0.25) is 0 Å². The molecule has 4 aromatic rings. The monoisotopic (exact) mass is 469 g/mol. The summed E-state index contributed by atoms with van der Waals surface area (Å²) in [4.78, 5) is 26.6. The molecule has 1 aliphatic heterocycles. The van der Waals surface area contributed by atoms with Crippen molar-refractivity contribution in [3.05, 3.63) is 118 Å². The normalized spacial score (nSPS) is 14.9. The Bertz CT molecular complexity index is 1430. The Kier molecular flexibility index (Phi) is 6.14. The van der Waals surface area contributed by atoms with Crippen LogP contribution < -0.4 is 4.74 Å². The number of rotatable bonds is 6. The highest BCUT2D eigenvalue weighted by Crippen LogP contribution is 2.34. The number of hydrogen-bond acceptors (Lipinski definition) is 4. The van der Waals surface area contributed by atoms with E-state index in [4.69, 9.17) is 4.74 Å². The van der Waals surface area contributed by atoms with Gasteiger partial charge >= 0.3 is 0 Å². The smallest absolute Gasteiger partial charge is 0.293 e. The van der Waals surface area contributed by atoms with Gasteiger partial charge in [0.2, 0.25) is 0 Å². The molecule has 34 heavy (non-hydrogen) atoms. The standard InChI is InChI=1S/C28H20FNO3S/c29-25-14-4-2-9-21(25)17-30-27(31)26(34-28(30)32)16-19-7-5-12-23(15-19)33-18-22-11-6-10-20-8-1-3-13-24(20)22/h1-16H,17-18H2/b26-16+. The van der Waals surface area contributed by atoms with Gasteiger partial charge < -0.3 is 4.74 Å². The van der Waals surface area contributed by atoms with Crippen LogP contribution in [0.4, 0.5) is 9.18 Å². The Hall–Kier alpha value is -3.90. The van der Waals surface area contributed by atoms with Crippen molar-refractivity contribution in [3.8, 4) is 5.75 Å². The van der Waals surface area contributed by atoms with Crippen molar-refractivity contribution in [2.75, 3.05) is 0 Å². The summed E-state index contributed by atoms with van der Waals surface area (Å²) in [5, 5.41) is 1.89. The van der Waals surface area contributed by atoms with Crippen molar-refractivity contribution >= 4 is 39.8 Å². The molecular weight excluding hydrogens is 449 g/mol. The molecule has 5 rings (SSSR count). The van der Waals surface area contributed by atoms with Crippen LogP contribution in [0.15, 0.2) is 95.9 Å². The number of carbonyl (C=O) groups is 2.